The molecule has 15 heavy (non-hydrogen) atoms. The van der Waals surface area contributed by atoms with Crippen molar-refractivity contribution in [2.75, 3.05) is 13.1 Å². The lowest BCUT2D eigenvalue weighted by molar-refractivity contribution is -0.0205. The second-order valence-corrected chi connectivity index (χ2v) is 3.98. The molecule has 1 N–H and O–H groups in total. The first-order valence-electron chi connectivity index (χ1n) is 5.63. The van der Waals surface area contributed by atoms with Crippen LogP contribution in [0.2, 0.25) is 0 Å². The minimum atomic E-state index is 0.106. The van der Waals surface area contributed by atoms with Crippen molar-refractivity contribution in [2.24, 2.45) is 0 Å². The van der Waals surface area contributed by atoms with Gasteiger partial charge in [0.2, 0.25) is 0 Å². The minimum absolute atomic E-state index is 0.106. The molecule has 0 aliphatic carbocycles. The number of nitrogens with zero attached hydrogens (tertiary/aromatic N) is 1. The lowest BCUT2D eigenvalue weighted by Gasteiger charge is -2.26. The van der Waals surface area contributed by atoms with Gasteiger partial charge in [-0.25, -0.2) is 0 Å². The lowest BCUT2D eigenvalue weighted by atomic mass is 10.1. The van der Waals surface area contributed by atoms with Gasteiger partial charge in [-0.1, -0.05) is 6.07 Å². The summed E-state index contributed by atoms with van der Waals surface area (Å²) < 4.78 is 5.97. The van der Waals surface area contributed by atoms with E-state index in [4.69, 9.17) is 4.74 Å². The molecule has 82 valence electrons. The van der Waals surface area contributed by atoms with Crippen LogP contribution < -0.4 is 5.32 Å². The first-order valence-corrected chi connectivity index (χ1v) is 5.63. The Balaban J connectivity index is 1.88. The third kappa shape index (κ3) is 3.01. The van der Waals surface area contributed by atoms with Crippen LogP contribution >= 0.6 is 0 Å². The number of ether oxygens (including phenoxy) is 1. The number of hydrogen-bond acceptors (Lipinski definition) is 3. The normalized spacial score (nSPS) is 20.1. The van der Waals surface area contributed by atoms with Crippen molar-refractivity contribution in [2.45, 2.75) is 32.0 Å². The third-order valence-electron chi connectivity index (χ3n) is 2.79. The van der Waals surface area contributed by atoms with Gasteiger partial charge in [0.05, 0.1) is 17.9 Å². The average Bonchev–Trinajstić information content (AvgIpc) is 2.31. The van der Waals surface area contributed by atoms with Crippen molar-refractivity contribution < 1.29 is 4.74 Å². The van der Waals surface area contributed by atoms with Crippen LogP contribution in [0.1, 0.15) is 31.6 Å². The maximum absolute atomic E-state index is 5.97. The van der Waals surface area contributed by atoms with Crippen molar-refractivity contribution in [1.29, 1.82) is 0 Å². The van der Waals surface area contributed by atoms with E-state index in [0.717, 1.165) is 31.6 Å². The van der Waals surface area contributed by atoms with Gasteiger partial charge in [0.1, 0.15) is 0 Å². The van der Waals surface area contributed by atoms with E-state index in [1.54, 1.807) is 0 Å². The van der Waals surface area contributed by atoms with Crippen LogP contribution in [0, 0.1) is 0 Å². The van der Waals surface area contributed by atoms with E-state index < -0.39 is 0 Å². The standard InChI is InChI=1S/C12H18N2O/c1-10(12-4-2-3-7-14-12)15-11-5-8-13-9-6-11/h2-4,7,10-11,13H,5-6,8-9H2,1H3/t10-/m0/s1. The fraction of sp³-hybridized carbons (Fsp3) is 0.583. The molecule has 1 fully saturated rings. The number of hydrogen-bond donors (Lipinski definition) is 1. The van der Waals surface area contributed by atoms with Gasteiger partial charge in [0, 0.05) is 6.20 Å². The quantitative estimate of drug-likeness (QED) is 0.820. The Morgan fingerprint density at radius 2 is 2.20 bits per heavy atom. The predicted octanol–water partition coefficient (Wildman–Crippen LogP) is 1.91. The van der Waals surface area contributed by atoms with Crippen LogP contribution in [0.5, 0.6) is 0 Å². The molecule has 1 atom stereocenters. The van der Waals surface area contributed by atoms with Gasteiger partial charge < -0.3 is 10.1 Å². The number of piperidine rings is 1. The largest absolute Gasteiger partial charge is 0.369 e. The summed E-state index contributed by atoms with van der Waals surface area (Å²) in [6.07, 6.45) is 4.53. The molecule has 1 aliphatic heterocycles. The highest BCUT2D eigenvalue weighted by Crippen LogP contribution is 2.19. The molecule has 0 unspecified atom stereocenters. The van der Waals surface area contributed by atoms with E-state index in [9.17, 15) is 0 Å². The molecule has 3 nitrogen and oxygen atoms in total. The number of pyridine rings is 1. The van der Waals surface area contributed by atoms with Crippen LogP contribution in [0.4, 0.5) is 0 Å². The summed E-state index contributed by atoms with van der Waals surface area (Å²) in [5.74, 6) is 0. The van der Waals surface area contributed by atoms with E-state index in [1.165, 1.54) is 0 Å². The Morgan fingerprint density at radius 3 is 2.87 bits per heavy atom. The van der Waals surface area contributed by atoms with Gasteiger partial charge in [-0.3, -0.25) is 4.98 Å². The zero-order chi connectivity index (χ0) is 10.5. The van der Waals surface area contributed by atoms with Gasteiger partial charge in [0.15, 0.2) is 0 Å². The number of rotatable bonds is 3. The van der Waals surface area contributed by atoms with E-state index in [2.05, 4.69) is 17.2 Å². The Kier molecular flexibility index (Phi) is 3.69. The number of aromatic nitrogens is 1. The molecule has 0 aromatic carbocycles. The van der Waals surface area contributed by atoms with Crippen LogP contribution in [0.25, 0.3) is 0 Å². The van der Waals surface area contributed by atoms with Gasteiger partial charge in [-0.15, -0.1) is 0 Å². The van der Waals surface area contributed by atoms with Crippen LogP contribution in [0.3, 0.4) is 0 Å². The Hall–Kier alpha value is -0.930. The smallest absolute Gasteiger partial charge is 0.0970 e. The predicted molar refractivity (Wildman–Crippen MR) is 59.6 cm³/mol. The monoisotopic (exact) mass is 206 g/mol. The molecule has 0 bridgehead atoms. The average molecular weight is 206 g/mol. The maximum Gasteiger partial charge on any atom is 0.0970 e. The molecular weight excluding hydrogens is 188 g/mol. The Labute approximate surface area is 90.9 Å². The molecule has 1 aromatic heterocycles. The van der Waals surface area contributed by atoms with Gasteiger partial charge >= 0.3 is 0 Å². The fourth-order valence-corrected chi connectivity index (χ4v) is 1.91. The molecular formula is C12H18N2O. The molecule has 3 heteroatoms. The summed E-state index contributed by atoms with van der Waals surface area (Å²) in [6.45, 7) is 4.21. The molecule has 0 saturated carbocycles. The zero-order valence-electron chi connectivity index (χ0n) is 9.15. The molecule has 2 rings (SSSR count). The van der Waals surface area contributed by atoms with E-state index in [-0.39, 0.29) is 6.10 Å². The van der Waals surface area contributed by atoms with Crippen LogP contribution in [-0.4, -0.2) is 24.2 Å². The summed E-state index contributed by atoms with van der Waals surface area (Å²) in [7, 11) is 0. The van der Waals surface area contributed by atoms with Crippen molar-refractivity contribution in [3.8, 4) is 0 Å². The molecule has 0 amide bonds. The summed E-state index contributed by atoms with van der Waals surface area (Å²) in [6, 6.07) is 5.96. The first-order chi connectivity index (χ1) is 7.36. The zero-order valence-corrected chi connectivity index (χ0v) is 9.15. The second kappa shape index (κ2) is 5.24. The summed E-state index contributed by atoms with van der Waals surface area (Å²) in [5.41, 5.74) is 1.02. The second-order valence-electron chi connectivity index (χ2n) is 3.98. The molecule has 0 radical (unpaired) electrons. The minimum Gasteiger partial charge on any atom is -0.369 e. The SMILES string of the molecule is C[C@H](OC1CCNCC1)c1ccccn1. The summed E-state index contributed by atoms with van der Waals surface area (Å²) in [5, 5.41) is 3.33. The van der Waals surface area contributed by atoms with Gasteiger partial charge in [-0.05, 0) is 45.0 Å². The molecule has 1 aromatic rings. The van der Waals surface area contributed by atoms with Gasteiger partial charge in [-0.2, -0.15) is 0 Å². The van der Waals surface area contributed by atoms with Crippen molar-refractivity contribution >= 4 is 0 Å². The topological polar surface area (TPSA) is 34.1 Å². The van der Waals surface area contributed by atoms with Crippen LogP contribution in [0.15, 0.2) is 24.4 Å². The fourth-order valence-electron chi connectivity index (χ4n) is 1.91. The van der Waals surface area contributed by atoms with Crippen molar-refractivity contribution in [3.05, 3.63) is 30.1 Å². The van der Waals surface area contributed by atoms with Gasteiger partial charge in [0.25, 0.3) is 0 Å². The Bertz CT molecular complexity index is 283. The van der Waals surface area contributed by atoms with Crippen LogP contribution in [-0.2, 0) is 4.74 Å². The third-order valence-corrected chi connectivity index (χ3v) is 2.79. The van der Waals surface area contributed by atoms with Crippen molar-refractivity contribution in [1.82, 2.24) is 10.3 Å². The van der Waals surface area contributed by atoms with E-state index in [1.807, 2.05) is 24.4 Å². The highest BCUT2D eigenvalue weighted by Gasteiger charge is 2.17. The molecule has 0 spiro atoms. The van der Waals surface area contributed by atoms with E-state index in [0.29, 0.717) is 6.10 Å². The van der Waals surface area contributed by atoms with E-state index >= 15 is 0 Å². The molecule has 1 aliphatic rings. The highest BCUT2D eigenvalue weighted by molar-refractivity contribution is 5.06. The summed E-state index contributed by atoms with van der Waals surface area (Å²) in [4.78, 5) is 4.30. The Morgan fingerprint density at radius 1 is 1.40 bits per heavy atom. The maximum atomic E-state index is 5.97. The number of nitrogens with one attached hydrogen (secondary N) is 1. The van der Waals surface area contributed by atoms with Crippen molar-refractivity contribution in [3.63, 3.8) is 0 Å². The molecule has 1 saturated heterocycles. The summed E-state index contributed by atoms with van der Waals surface area (Å²) >= 11 is 0. The highest BCUT2D eigenvalue weighted by atomic mass is 16.5. The first kappa shape index (κ1) is 10.6. The lowest BCUT2D eigenvalue weighted by Crippen LogP contribution is -2.33. The molecule has 2 heterocycles.